The molecule has 20 heavy (non-hydrogen) atoms. The van der Waals surface area contributed by atoms with E-state index in [1.165, 1.54) is 0 Å². The van der Waals surface area contributed by atoms with Crippen molar-refractivity contribution in [1.82, 2.24) is 10.2 Å². The number of hydrogen-bond donors (Lipinski definition) is 2. The highest BCUT2D eigenvalue weighted by Crippen LogP contribution is 2.09. The molecule has 1 atom stereocenters. The van der Waals surface area contributed by atoms with Crippen LogP contribution in [0.25, 0.3) is 0 Å². The Kier molecular flexibility index (Phi) is 6.03. The highest BCUT2D eigenvalue weighted by molar-refractivity contribution is 5.82. The molecule has 2 N–H and O–H groups in total. The van der Waals surface area contributed by atoms with Crippen molar-refractivity contribution < 1.29 is 14.7 Å². The summed E-state index contributed by atoms with van der Waals surface area (Å²) in [5, 5.41) is 11.6. The van der Waals surface area contributed by atoms with Gasteiger partial charge < -0.3 is 15.3 Å². The van der Waals surface area contributed by atoms with Crippen LogP contribution in [0.4, 0.5) is 4.79 Å². The number of rotatable bonds is 6. The van der Waals surface area contributed by atoms with Gasteiger partial charge in [0, 0.05) is 12.6 Å². The molecule has 0 saturated carbocycles. The van der Waals surface area contributed by atoms with Gasteiger partial charge in [0.05, 0.1) is 0 Å². The normalized spacial score (nSPS) is 12.0. The molecule has 0 spiro atoms. The van der Waals surface area contributed by atoms with Crippen molar-refractivity contribution in [3.05, 3.63) is 35.9 Å². The standard InChI is InChI=1S/C15H22N2O3/c1-4-13(14(18)19)16-15(20)17(11(2)3)10-12-8-6-5-7-9-12/h5-9,11,13H,4,10H2,1-3H3,(H,16,20)(H,18,19). The molecule has 0 aliphatic heterocycles. The van der Waals surface area contributed by atoms with Gasteiger partial charge in [-0.05, 0) is 25.8 Å². The van der Waals surface area contributed by atoms with Gasteiger partial charge >= 0.3 is 12.0 Å². The van der Waals surface area contributed by atoms with E-state index in [-0.39, 0.29) is 12.1 Å². The van der Waals surface area contributed by atoms with Crippen LogP contribution in [0.1, 0.15) is 32.8 Å². The van der Waals surface area contributed by atoms with Gasteiger partial charge in [0.2, 0.25) is 0 Å². The van der Waals surface area contributed by atoms with Gasteiger partial charge in [-0.25, -0.2) is 9.59 Å². The summed E-state index contributed by atoms with van der Waals surface area (Å²) in [6, 6.07) is 8.42. The number of carbonyl (C=O) groups excluding carboxylic acids is 1. The van der Waals surface area contributed by atoms with Gasteiger partial charge in [-0.15, -0.1) is 0 Å². The molecule has 0 bridgehead atoms. The summed E-state index contributed by atoms with van der Waals surface area (Å²) in [5.41, 5.74) is 1.01. The first kappa shape index (κ1) is 16.0. The molecule has 1 aromatic rings. The number of carbonyl (C=O) groups is 2. The number of carboxylic acid groups (broad SMARTS) is 1. The molecule has 1 rings (SSSR count). The molecule has 1 unspecified atom stereocenters. The minimum Gasteiger partial charge on any atom is -0.480 e. The van der Waals surface area contributed by atoms with Crippen molar-refractivity contribution in [1.29, 1.82) is 0 Å². The van der Waals surface area contributed by atoms with Gasteiger partial charge in [-0.3, -0.25) is 0 Å². The fourth-order valence-corrected chi connectivity index (χ4v) is 1.84. The third-order valence-corrected chi connectivity index (χ3v) is 3.08. The van der Waals surface area contributed by atoms with Crippen molar-refractivity contribution in [2.75, 3.05) is 0 Å². The quantitative estimate of drug-likeness (QED) is 0.839. The first-order chi connectivity index (χ1) is 9.45. The van der Waals surface area contributed by atoms with Crippen LogP contribution in [0.2, 0.25) is 0 Å². The second-order valence-corrected chi connectivity index (χ2v) is 4.96. The predicted octanol–water partition coefficient (Wildman–Crippen LogP) is 2.47. The lowest BCUT2D eigenvalue weighted by atomic mass is 10.2. The van der Waals surface area contributed by atoms with Crippen LogP contribution in [0.15, 0.2) is 30.3 Å². The average molecular weight is 278 g/mol. The number of nitrogens with zero attached hydrogens (tertiary/aromatic N) is 1. The summed E-state index contributed by atoms with van der Waals surface area (Å²) >= 11 is 0. The number of nitrogens with one attached hydrogen (secondary N) is 1. The van der Waals surface area contributed by atoms with E-state index >= 15 is 0 Å². The molecule has 0 fully saturated rings. The minimum absolute atomic E-state index is 0.0125. The summed E-state index contributed by atoms with van der Waals surface area (Å²) in [6.07, 6.45) is 0.359. The molecular formula is C15H22N2O3. The lowest BCUT2D eigenvalue weighted by molar-refractivity contribution is -0.139. The number of benzene rings is 1. The molecule has 5 heteroatoms. The molecule has 5 nitrogen and oxygen atoms in total. The fourth-order valence-electron chi connectivity index (χ4n) is 1.84. The monoisotopic (exact) mass is 278 g/mol. The molecular weight excluding hydrogens is 256 g/mol. The number of aliphatic carboxylic acids is 1. The Morgan fingerprint density at radius 1 is 1.25 bits per heavy atom. The van der Waals surface area contributed by atoms with Crippen LogP contribution in [-0.4, -0.2) is 34.1 Å². The highest BCUT2D eigenvalue weighted by atomic mass is 16.4. The third-order valence-electron chi connectivity index (χ3n) is 3.08. The number of hydrogen-bond acceptors (Lipinski definition) is 2. The van der Waals surface area contributed by atoms with Crippen LogP contribution in [0, 0.1) is 0 Å². The molecule has 1 aromatic carbocycles. The van der Waals surface area contributed by atoms with E-state index in [2.05, 4.69) is 5.32 Å². The topological polar surface area (TPSA) is 69.6 Å². The van der Waals surface area contributed by atoms with E-state index < -0.39 is 12.0 Å². The Morgan fingerprint density at radius 2 is 1.85 bits per heavy atom. The molecule has 0 aliphatic carbocycles. The second-order valence-electron chi connectivity index (χ2n) is 4.96. The van der Waals surface area contributed by atoms with E-state index in [0.717, 1.165) is 5.56 Å². The Hall–Kier alpha value is -2.04. The fraction of sp³-hybridized carbons (Fsp3) is 0.467. The predicted molar refractivity (Wildman–Crippen MR) is 77.4 cm³/mol. The Labute approximate surface area is 119 Å². The zero-order chi connectivity index (χ0) is 15.1. The molecule has 0 heterocycles. The molecule has 110 valence electrons. The van der Waals surface area contributed by atoms with Crippen molar-refractivity contribution >= 4 is 12.0 Å². The first-order valence-electron chi connectivity index (χ1n) is 6.79. The van der Waals surface area contributed by atoms with E-state index in [1.807, 2.05) is 44.2 Å². The van der Waals surface area contributed by atoms with Crippen molar-refractivity contribution in [2.24, 2.45) is 0 Å². The summed E-state index contributed by atoms with van der Waals surface area (Å²) in [6.45, 7) is 6.00. The van der Waals surface area contributed by atoms with E-state index in [4.69, 9.17) is 5.11 Å². The van der Waals surface area contributed by atoms with E-state index in [1.54, 1.807) is 11.8 Å². The number of carboxylic acids is 1. The maximum atomic E-state index is 12.2. The summed E-state index contributed by atoms with van der Waals surface area (Å²) in [5.74, 6) is -1.01. The summed E-state index contributed by atoms with van der Waals surface area (Å²) in [4.78, 5) is 24.8. The van der Waals surface area contributed by atoms with Crippen molar-refractivity contribution in [3.63, 3.8) is 0 Å². The molecule has 2 amide bonds. The zero-order valence-corrected chi connectivity index (χ0v) is 12.2. The van der Waals surface area contributed by atoms with E-state index in [0.29, 0.717) is 13.0 Å². The molecule has 0 saturated heterocycles. The lowest BCUT2D eigenvalue weighted by Gasteiger charge is -2.28. The smallest absolute Gasteiger partial charge is 0.326 e. The summed E-state index contributed by atoms with van der Waals surface area (Å²) < 4.78 is 0. The maximum Gasteiger partial charge on any atom is 0.326 e. The number of urea groups is 1. The van der Waals surface area contributed by atoms with Crippen LogP contribution in [0.5, 0.6) is 0 Å². The minimum atomic E-state index is -1.01. The largest absolute Gasteiger partial charge is 0.480 e. The SMILES string of the molecule is CCC(NC(=O)N(Cc1ccccc1)C(C)C)C(=O)O. The van der Waals surface area contributed by atoms with Gasteiger partial charge in [0.25, 0.3) is 0 Å². The Morgan fingerprint density at radius 3 is 2.30 bits per heavy atom. The van der Waals surface area contributed by atoms with Crippen molar-refractivity contribution in [2.45, 2.75) is 45.8 Å². The second kappa shape index (κ2) is 7.53. The maximum absolute atomic E-state index is 12.2. The average Bonchev–Trinajstić information content (AvgIpc) is 2.42. The molecule has 0 aliphatic rings. The Bertz CT molecular complexity index is 446. The highest BCUT2D eigenvalue weighted by Gasteiger charge is 2.23. The zero-order valence-electron chi connectivity index (χ0n) is 12.2. The van der Waals surface area contributed by atoms with Gasteiger partial charge in [0.15, 0.2) is 0 Å². The molecule has 0 aromatic heterocycles. The van der Waals surface area contributed by atoms with Crippen molar-refractivity contribution in [3.8, 4) is 0 Å². The van der Waals surface area contributed by atoms with Gasteiger partial charge in [-0.1, -0.05) is 37.3 Å². The number of amides is 2. The van der Waals surface area contributed by atoms with Crippen LogP contribution in [-0.2, 0) is 11.3 Å². The molecule has 0 radical (unpaired) electrons. The summed E-state index contributed by atoms with van der Waals surface area (Å²) in [7, 11) is 0. The Balaban J connectivity index is 2.75. The lowest BCUT2D eigenvalue weighted by Crippen LogP contribution is -2.49. The van der Waals surface area contributed by atoms with E-state index in [9.17, 15) is 9.59 Å². The third kappa shape index (κ3) is 4.57. The van der Waals surface area contributed by atoms with Crippen LogP contribution < -0.4 is 5.32 Å². The van der Waals surface area contributed by atoms with Crippen LogP contribution in [0.3, 0.4) is 0 Å². The van der Waals surface area contributed by atoms with Gasteiger partial charge in [0.1, 0.15) is 6.04 Å². The van der Waals surface area contributed by atoms with Crippen LogP contribution >= 0.6 is 0 Å². The first-order valence-corrected chi connectivity index (χ1v) is 6.79. The van der Waals surface area contributed by atoms with Gasteiger partial charge in [-0.2, -0.15) is 0 Å².